The van der Waals surface area contributed by atoms with Gasteiger partial charge in [-0.2, -0.15) is 0 Å². The Kier molecular flexibility index (Phi) is 5.46. The second kappa shape index (κ2) is 8.34. The van der Waals surface area contributed by atoms with Crippen molar-refractivity contribution in [3.05, 3.63) is 60.4 Å². The summed E-state index contributed by atoms with van der Waals surface area (Å²) in [4.78, 5) is 36.6. The van der Waals surface area contributed by atoms with Crippen LogP contribution in [-0.4, -0.2) is 58.9 Å². The second-order valence-electron chi connectivity index (χ2n) is 7.32. The quantitative estimate of drug-likeness (QED) is 0.697. The normalized spacial score (nSPS) is 15.3. The van der Waals surface area contributed by atoms with Crippen molar-refractivity contribution in [1.82, 2.24) is 20.2 Å². The van der Waals surface area contributed by atoms with Crippen LogP contribution in [0, 0.1) is 0 Å². The molecule has 2 N–H and O–H groups in total. The SMILES string of the molecule is CC(=O)NC(Cc1c[nH]c2ccccc12)C(=O)N1CCN(c2ccccn2)CC1. The van der Waals surface area contributed by atoms with Gasteiger partial charge in [0.1, 0.15) is 11.9 Å². The van der Waals surface area contributed by atoms with Crippen LogP contribution in [0.25, 0.3) is 10.9 Å². The van der Waals surface area contributed by atoms with Crippen molar-refractivity contribution < 1.29 is 9.59 Å². The molecule has 1 aliphatic rings. The first-order chi connectivity index (χ1) is 14.1. The van der Waals surface area contributed by atoms with Gasteiger partial charge in [-0.15, -0.1) is 0 Å². The Labute approximate surface area is 169 Å². The van der Waals surface area contributed by atoms with Crippen molar-refractivity contribution in [2.24, 2.45) is 0 Å². The Hall–Kier alpha value is -3.35. The van der Waals surface area contributed by atoms with Crippen LogP contribution in [0.4, 0.5) is 5.82 Å². The average Bonchev–Trinajstić information content (AvgIpc) is 3.16. The standard InChI is InChI=1S/C22H25N5O2/c1-16(28)25-20(14-17-15-24-19-7-3-2-6-18(17)19)22(29)27-12-10-26(11-13-27)21-8-4-5-9-23-21/h2-9,15,20,24H,10-14H2,1H3,(H,25,28). The lowest BCUT2D eigenvalue weighted by molar-refractivity contribution is -0.136. The molecule has 7 heteroatoms. The predicted molar refractivity (Wildman–Crippen MR) is 113 cm³/mol. The molecule has 2 amide bonds. The van der Waals surface area contributed by atoms with Gasteiger partial charge in [-0.05, 0) is 23.8 Å². The molecule has 150 valence electrons. The van der Waals surface area contributed by atoms with E-state index in [0.29, 0.717) is 19.5 Å². The summed E-state index contributed by atoms with van der Waals surface area (Å²) < 4.78 is 0. The molecule has 29 heavy (non-hydrogen) atoms. The van der Waals surface area contributed by atoms with Gasteiger partial charge in [-0.1, -0.05) is 24.3 Å². The molecular weight excluding hydrogens is 366 g/mol. The molecule has 1 aromatic carbocycles. The zero-order valence-corrected chi connectivity index (χ0v) is 16.5. The first-order valence-corrected chi connectivity index (χ1v) is 9.88. The third-order valence-corrected chi connectivity index (χ3v) is 5.34. The number of aromatic nitrogens is 2. The van der Waals surface area contributed by atoms with Crippen molar-refractivity contribution in [2.45, 2.75) is 19.4 Å². The number of nitrogens with zero attached hydrogens (tertiary/aromatic N) is 3. The fraction of sp³-hybridized carbons (Fsp3) is 0.318. The van der Waals surface area contributed by atoms with Gasteiger partial charge in [-0.3, -0.25) is 9.59 Å². The number of amides is 2. The van der Waals surface area contributed by atoms with Crippen molar-refractivity contribution >= 4 is 28.5 Å². The number of anilines is 1. The smallest absolute Gasteiger partial charge is 0.245 e. The number of hydrogen-bond donors (Lipinski definition) is 2. The predicted octanol–water partition coefficient (Wildman–Crippen LogP) is 1.96. The number of pyridine rings is 1. The Bertz CT molecular complexity index is 993. The summed E-state index contributed by atoms with van der Waals surface area (Å²) in [5.41, 5.74) is 2.06. The molecule has 0 bridgehead atoms. The largest absolute Gasteiger partial charge is 0.361 e. The molecule has 0 saturated carbocycles. The molecular formula is C22H25N5O2. The van der Waals surface area contributed by atoms with Crippen LogP contribution in [0.5, 0.6) is 0 Å². The van der Waals surface area contributed by atoms with E-state index >= 15 is 0 Å². The van der Waals surface area contributed by atoms with Crippen LogP contribution in [0.1, 0.15) is 12.5 Å². The number of rotatable bonds is 5. The third kappa shape index (κ3) is 4.23. The highest BCUT2D eigenvalue weighted by Gasteiger charge is 2.29. The Morgan fingerprint density at radius 3 is 2.59 bits per heavy atom. The summed E-state index contributed by atoms with van der Waals surface area (Å²) in [6.45, 7) is 4.12. The molecule has 1 fully saturated rings. The maximum Gasteiger partial charge on any atom is 0.245 e. The van der Waals surface area contributed by atoms with Crippen LogP contribution in [0.2, 0.25) is 0 Å². The molecule has 0 spiro atoms. The zero-order valence-electron chi connectivity index (χ0n) is 16.5. The van der Waals surface area contributed by atoms with Crippen molar-refractivity contribution in [1.29, 1.82) is 0 Å². The first kappa shape index (κ1) is 19.0. The average molecular weight is 391 g/mol. The van der Waals surface area contributed by atoms with E-state index in [4.69, 9.17) is 0 Å². The lowest BCUT2D eigenvalue weighted by atomic mass is 10.0. The number of fused-ring (bicyclic) bond motifs is 1. The van der Waals surface area contributed by atoms with E-state index < -0.39 is 6.04 Å². The van der Waals surface area contributed by atoms with Crippen LogP contribution < -0.4 is 10.2 Å². The van der Waals surface area contributed by atoms with Crippen molar-refractivity contribution in [2.75, 3.05) is 31.1 Å². The summed E-state index contributed by atoms with van der Waals surface area (Å²) in [5, 5.41) is 3.93. The highest BCUT2D eigenvalue weighted by molar-refractivity contribution is 5.89. The lowest BCUT2D eigenvalue weighted by Gasteiger charge is -2.37. The number of aromatic amines is 1. The van der Waals surface area contributed by atoms with E-state index in [1.165, 1.54) is 6.92 Å². The maximum absolute atomic E-state index is 13.2. The molecule has 0 radical (unpaired) electrons. The Morgan fingerprint density at radius 2 is 1.86 bits per heavy atom. The Morgan fingerprint density at radius 1 is 1.10 bits per heavy atom. The molecule has 4 rings (SSSR count). The minimum Gasteiger partial charge on any atom is -0.361 e. The van der Waals surface area contributed by atoms with Gasteiger partial charge >= 0.3 is 0 Å². The fourth-order valence-corrected chi connectivity index (χ4v) is 3.88. The molecule has 2 aromatic heterocycles. The highest BCUT2D eigenvalue weighted by Crippen LogP contribution is 2.20. The minimum atomic E-state index is -0.576. The number of nitrogens with one attached hydrogen (secondary N) is 2. The summed E-state index contributed by atoms with van der Waals surface area (Å²) in [6, 6.07) is 13.3. The highest BCUT2D eigenvalue weighted by atomic mass is 16.2. The Balaban J connectivity index is 1.46. The number of piperazine rings is 1. The van der Waals surface area contributed by atoms with Gasteiger partial charge in [0.05, 0.1) is 0 Å². The molecule has 7 nitrogen and oxygen atoms in total. The molecule has 1 unspecified atom stereocenters. The molecule has 1 aliphatic heterocycles. The number of carbonyl (C=O) groups excluding carboxylic acids is 2. The first-order valence-electron chi connectivity index (χ1n) is 9.88. The summed E-state index contributed by atoms with van der Waals surface area (Å²) in [6.07, 6.45) is 4.16. The van der Waals surface area contributed by atoms with E-state index in [2.05, 4.69) is 20.2 Å². The van der Waals surface area contributed by atoms with Gasteiger partial charge in [0, 0.05) is 62.8 Å². The number of hydrogen-bond acceptors (Lipinski definition) is 4. The van der Waals surface area contributed by atoms with Gasteiger partial charge in [0.15, 0.2) is 0 Å². The van der Waals surface area contributed by atoms with Gasteiger partial charge < -0.3 is 20.1 Å². The lowest BCUT2D eigenvalue weighted by Crippen LogP contribution is -2.55. The monoisotopic (exact) mass is 391 g/mol. The van der Waals surface area contributed by atoms with E-state index in [9.17, 15) is 9.59 Å². The summed E-state index contributed by atoms with van der Waals surface area (Å²) in [5.74, 6) is 0.693. The number of benzene rings is 1. The van der Waals surface area contributed by atoms with Crippen LogP contribution in [0.3, 0.4) is 0 Å². The van der Waals surface area contributed by atoms with Crippen LogP contribution >= 0.6 is 0 Å². The van der Waals surface area contributed by atoms with E-state index in [1.54, 1.807) is 6.20 Å². The van der Waals surface area contributed by atoms with E-state index in [1.807, 2.05) is 53.6 Å². The molecule has 1 atom stereocenters. The summed E-state index contributed by atoms with van der Waals surface area (Å²) in [7, 11) is 0. The van der Waals surface area contributed by atoms with E-state index in [0.717, 1.165) is 35.4 Å². The van der Waals surface area contributed by atoms with E-state index in [-0.39, 0.29) is 11.8 Å². The number of carbonyl (C=O) groups is 2. The van der Waals surface area contributed by atoms with Gasteiger partial charge in [0.25, 0.3) is 0 Å². The topological polar surface area (TPSA) is 81.3 Å². The molecule has 0 aliphatic carbocycles. The zero-order chi connectivity index (χ0) is 20.2. The summed E-state index contributed by atoms with van der Waals surface area (Å²) >= 11 is 0. The van der Waals surface area contributed by atoms with Crippen molar-refractivity contribution in [3.8, 4) is 0 Å². The van der Waals surface area contributed by atoms with Gasteiger partial charge in [-0.25, -0.2) is 4.98 Å². The number of para-hydroxylation sites is 1. The van der Waals surface area contributed by atoms with Crippen LogP contribution in [-0.2, 0) is 16.0 Å². The molecule has 3 heterocycles. The third-order valence-electron chi connectivity index (χ3n) is 5.34. The fourth-order valence-electron chi connectivity index (χ4n) is 3.88. The second-order valence-corrected chi connectivity index (χ2v) is 7.32. The van der Waals surface area contributed by atoms with Gasteiger partial charge in [0.2, 0.25) is 11.8 Å². The molecule has 1 saturated heterocycles. The van der Waals surface area contributed by atoms with Crippen LogP contribution in [0.15, 0.2) is 54.9 Å². The van der Waals surface area contributed by atoms with Crippen molar-refractivity contribution in [3.63, 3.8) is 0 Å². The maximum atomic E-state index is 13.2. The minimum absolute atomic E-state index is 0.0360. The number of H-pyrrole nitrogens is 1. The molecule has 3 aromatic rings.